The van der Waals surface area contributed by atoms with E-state index in [1.807, 2.05) is 24.3 Å². The number of aryl methyl sites for hydroxylation is 1. The van der Waals surface area contributed by atoms with Crippen LogP contribution in [-0.2, 0) is 21.3 Å². The van der Waals surface area contributed by atoms with Gasteiger partial charge in [0, 0.05) is 25.3 Å². The second-order valence-electron chi connectivity index (χ2n) is 7.65. The average molecular weight is 417 g/mol. The fourth-order valence-electron chi connectivity index (χ4n) is 3.61. The highest BCUT2D eigenvalue weighted by atomic mass is 32.2. The van der Waals surface area contributed by atoms with Crippen LogP contribution in [0.15, 0.2) is 47.4 Å². The zero-order chi connectivity index (χ0) is 21.0. The van der Waals surface area contributed by atoms with E-state index < -0.39 is 16.0 Å². The molecule has 2 aromatic carbocycles. The molecular weight excluding hydrogens is 388 g/mol. The number of hydrogen-bond donors (Lipinski definition) is 1. The summed E-state index contributed by atoms with van der Waals surface area (Å²) in [5, 5.41) is 0. The number of methoxy groups -OCH3 is 1. The Labute approximate surface area is 172 Å². The predicted molar refractivity (Wildman–Crippen MR) is 114 cm³/mol. The molecule has 1 fully saturated rings. The SMILES string of the molecule is COC(=O)c1cc(S(=O)(=O)NCc2ccc(N3CCC[C@H](C)C3)cc2)ccc1C. The van der Waals surface area contributed by atoms with Crippen molar-refractivity contribution >= 4 is 21.7 Å². The van der Waals surface area contributed by atoms with Gasteiger partial charge in [-0.1, -0.05) is 25.1 Å². The highest BCUT2D eigenvalue weighted by molar-refractivity contribution is 7.89. The van der Waals surface area contributed by atoms with Crippen molar-refractivity contribution < 1.29 is 17.9 Å². The molecule has 1 aliphatic rings. The summed E-state index contributed by atoms with van der Waals surface area (Å²) in [5.74, 6) is 0.141. The van der Waals surface area contributed by atoms with Crippen LogP contribution < -0.4 is 9.62 Å². The number of esters is 1. The van der Waals surface area contributed by atoms with Crippen molar-refractivity contribution in [2.45, 2.75) is 38.1 Å². The van der Waals surface area contributed by atoms with Crippen molar-refractivity contribution in [2.24, 2.45) is 5.92 Å². The highest BCUT2D eigenvalue weighted by Crippen LogP contribution is 2.23. The van der Waals surface area contributed by atoms with E-state index in [1.165, 1.54) is 37.8 Å². The fraction of sp³-hybridized carbons (Fsp3) is 0.409. The summed E-state index contributed by atoms with van der Waals surface area (Å²) in [6, 6.07) is 12.4. The lowest BCUT2D eigenvalue weighted by Crippen LogP contribution is -2.34. The van der Waals surface area contributed by atoms with Crippen LogP contribution in [0.2, 0.25) is 0 Å². The first-order valence-electron chi connectivity index (χ1n) is 9.82. The van der Waals surface area contributed by atoms with Crippen LogP contribution in [0.5, 0.6) is 0 Å². The van der Waals surface area contributed by atoms with Gasteiger partial charge in [0.2, 0.25) is 10.0 Å². The van der Waals surface area contributed by atoms with E-state index in [0.717, 1.165) is 18.7 Å². The molecule has 6 nitrogen and oxygen atoms in total. The van der Waals surface area contributed by atoms with Crippen LogP contribution in [0.1, 0.15) is 41.3 Å². The molecule has 1 N–H and O–H groups in total. The van der Waals surface area contributed by atoms with Gasteiger partial charge in [0.05, 0.1) is 17.6 Å². The number of hydrogen-bond acceptors (Lipinski definition) is 5. The molecule has 0 bridgehead atoms. The normalized spacial score (nSPS) is 17.2. The first kappa shape index (κ1) is 21.3. The molecule has 0 radical (unpaired) electrons. The third-order valence-electron chi connectivity index (χ3n) is 5.35. The summed E-state index contributed by atoms with van der Waals surface area (Å²) in [4.78, 5) is 14.3. The number of piperidine rings is 1. The van der Waals surface area contributed by atoms with Gasteiger partial charge in [0.15, 0.2) is 0 Å². The maximum Gasteiger partial charge on any atom is 0.338 e. The van der Waals surface area contributed by atoms with Gasteiger partial charge in [-0.25, -0.2) is 17.9 Å². The maximum absolute atomic E-state index is 12.7. The monoisotopic (exact) mass is 416 g/mol. The largest absolute Gasteiger partial charge is 0.465 e. The van der Waals surface area contributed by atoms with Gasteiger partial charge >= 0.3 is 5.97 Å². The minimum Gasteiger partial charge on any atom is -0.465 e. The van der Waals surface area contributed by atoms with Gasteiger partial charge in [-0.2, -0.15) is 0 Å². The fourth-order valence-corrected chi connectivity index (χ4v) is 4.65. The number of carbonyl (C=O) groups is 1. The molecule has 1 aliphatic heterocycles. The van der Waals surface area contributed by atoms with Crippen molar-refractivity contribution in [1.29, 1.82) is 0 Å². The predicted octanol–water partition coefficient (Wildman–Crippen LogP) is 3.50. The standard InChI is InChI=1S/C22H28N2O4S/c1-16-5-4-12-24(15-16)19-9-7-18(8-10-19)14-23-29(26,27)20-11-6-17(2)21(13-20)22(25)28-3/h6-11,13,16,23H,4-5,12,14-15H2,1-3H3/t16-/m0/s1. The Balaban J connectivity index is 1.68. The molecule has 0 aromatic heterocycles. The molecule has 0 amide bonds. The molecule has 0 saturated carbocycles. The number of sulfonamides is 1. The van der Waals surface area contributed by atoms with Gasteiger partial charge in [-0.05, 0) is 61.1 Å². The van der Waals surface area contributed by atoms with Crippen molar-refractivity contribution in [3.63, 3.8) is 0 Å². The van der Waals surface area contributed by atoms with Gasteiger partial charge in [0.25, 0.3) is 0 Å². The van der Waals surface area contributed by atoms with E-state index in [4.69, 9.17) is 4.74 Å². The number of ether oxygens (including phenoxy) is 1. The Hall–Kier alpha value is -2.38. The van der Waals surface area contributed by atoms with Crippen LogP contribution in [0, 0.1) is 12.8 Å². The lowest BCUT2D eigenvalue weighted by atomic mass is 9.99. The molecule has 0 aliphatic carbocycles. The molecular formula is C22H28N2O4S. The molecule has 0 spiro atoms. The Bertz CT molecular complexity index is 971. The summed E-state index contributed by atoms with van der Waals surface area (Å²) in [7, 11) is -2.47. The van der Waals surface area contributed by atoms with Crippen LogP contribution in [0.25, 0.3) is 0 Å². The number of benzene rings is 2. The van der Waals surface area contributed by atoms with Crippen LogP contribution in [-0.4, -0.2) is 34.6 Å². The van der Waals surface area contributed by atoms with E-state index in [-0.39, 0.29) is 17.0 Å². The van der Waals surface area contributed by atoms with Crippen LogP contribution >= 0.6 is 0 Å². The lowest BCUT2D eigenvalue weighted by Gasteiger charge is -2.32. The van der Waals surface area contributed by atoms with Crippen molar-refractivity contribution in [3.8, 4) is 0 Å². The van der Waals surface area contributed by atoms with Crippen LogP contribution in [0.3, 0.4) is 0 Å². The second kappa shape index (κ2) is 8.97. The van der Waals surface area contributed by atoms with Gasteiger partial charge in [-0.15, -0.1) is 0 Å². The summed E-state index contributed by atoms with van der Waals surface area (Å²) in [5.41, 5.74) is 2.96. The smallest absolute Gasteiger partial charge is 0.338 e. The van der Waals surface area contributed by atoms with Crippen molar-refractivity contribution in [1.82, 2.24) is 4.72 Å². The number of rotatable bonds is 6. The van der Waals surface area contributed by atoms with Gasteiger partial charge < -0.3 is 9.64 Å². The maximum atomic E-state index is 12.7. The topological polar surface area (TPSA) is 75.7 Å². The summed E-state index contributed by atoms with van der Waals surface area (Å²) in [6.45, 7) is 6.31. The zero-order valence-corrected chi connectivity index (χ0v) is 18.0. The van der Waals surface area contributed by atoms with E-state index in [0.29, 0.717) is 11.5 Å². The minimum atomic E-state index is -3.75. The summed E-state index contributed by atoms with van der Waals surface area (Å²) >= 11 is 0. The molecule has 0 unspecified atom stereocenters. The number of nitrogens with one attached hydrogen (secondary N) is 1. The number of nitrogens with zero attached hydrogens (tertiary/aromatic N) is 1. The Kier molecular flexibility index (Phi) is 6.59. The Morgan fingerprint density at radius 2 is 1.93 bits per heavy atom. The molecule has 1 saturated heterocycles. The molecule has 7 heteroatoms. The number of anilines is 1. The third-order valence-corrected chi connectivity index (χ3v) is 6.75. The minimum absolute atomic E-state index is 0.0439. The Morgan fingerprint density at radius 3 is 2.59 bits per heavy atom. The zero-order valence-electron chi connectivity index (χ0n) is 17.1. The number of carbonyl (C=O) groups excluding carboxylic acids is 1. The van der Waals surface area contributed by atoms with Crippen molar-refractivity contribution in [3.05, 3.63) is 59.2 Å². The van der Waals surface area contributed by atoms with E-state index >= 15 is 0 Å². The van der Waals surface area contributed by atoms with E-state index in [9.17, 15) is 13.2 Å². The molecule has 29 heavy (non-hydrogen) atoms. The molecule has 3 rings (SSSR count). The van der Waals surface area contributed by atoms with Crippen molar-refractivity contribution in [2.75, 3.05) is 25.1 Å². The summed E-state index contributed by atoms with van der Waals surface area (Å²) < 4.78 is 32.6. The third kappa shape index (κ3) is 5.16. The summed E-state index contributed by atoms with van der Waals surface area (Å²) in [6.07, 6.45) is 2.47. The molecule has 156 valence electrons. The second-order valence-corrected chi connectivity index (χ2v) is 9.42. The van der Waals surface area contributed by atoms with E-state index in [2.05, 4.69) is 16.5 Å². The first-order chi connectivity index (χ1) is 13.8. The first-order valence-corrected chi connectivity index (χ1v) is 11.3. The quantitative estimate of drug-likeness (QED) is 0.730. The van der Waals surface area contributed by atoms with E-state index in [1.54, 1.807) is 13.0 Å². The van der Waals surface area contributed by atoms with Crippen LogP contribution in [0.4, 0.5) is 5.69 Å². The molecule has 2 aromatic rings. The molecule has 1 heterocycles. The average Bonchev–Trinajstić information content (AvgIpc) is 2.72. The highest BCUT2D eigenvalue weighted by Gasteiger charge is 2.19. The lowest BCUT2D eigenvalue weighted by molar-refractivity contribution is 0.0599. The molecule has 1 atom stereocenters. The van der Waals surface area contributed by atoms with Gasteiger partial charge in [-0.3, -0.25) is 0 Å². The van der Waals surface area contributed by atoms with Gasteiger partial charge in [0.1, 0.15) is 0 Å². The Morgan fingerprint density at radius 1 is 1.21 bits per heavy atom.